The van der Waals surface area contributed by atoms with Crippen molar-refractivity contribution in [3.63, 3.8) is 0 Å². The fraction of sp³-hybridized carbons (Fsp3) is 0.741. The number of carbonyl (C=O) groups is 1. The first kappa shape index (κ1) is 22.2. The number of rotatable bonds is 3. The Bertz CT molecular complexity index is 816. The van der Waals surface area contributed by atoms with Crippen LogP contribution in [0.25, 0.3) is 0 Å². The standard InChI is InChI=1S/C27H39FN2O2/c1-20-6-3-2-4-7-23(20)21-10-15-29(19-21)22-8-9-25(24(28)18-22)30-14-5-11-27(26(30)31)12-16-32-17-13-27/h8-9,18,20-21,23H,2-7,10-17,19H2,1H3/t20-,21+,23?/m0/s1. The van der Waals surface area contributed by atoms with Crippen LogP contribution in [0.4, 0.5) is 15.8 Å². The number of carbonyl (C=O) groups excluding carboxylic acids is 1. The molecule has 0 radical (unpaired) electrons. The summed E-state index contributed by atoms with van der Waals surface area (Å²) in [5, 5.41) is 0. The second-order valence-corrected chi connectivity index (χ2v) is 10.9. The molecule has 4 aliphatic rings. The van der Waals surface area contributed by atoms with Crippen molar-refractivity contribution >= 4 is 17.3 Å². The summed E-state index contributed by atoms with van der Waals surface area (Å²) in [5.74, 6) is 2.19. The van der Waals surface area contributed by atoms with E-state index in [0.29, 0.717) is 25.4 Å². The summed E-state index contributed by atoms with van der Waals surface area (Å²) in [4.78, 5) is 17.5. The van der Waals surface area contributed by atoms with Crippen LogP contribution in [-0.2, 0) is 9.53 Å². The van der Waals surface area contributed by atoms with Crippen LogP contribution in [0.5, 0.6) is 0 Å². The quantitative estimate of drug-likeness (QED) is 0.555. The summed E-state index contributed by atoms with van der Waals surface area (Å²) in [7, 11) is 0. The van der Waals surface area contributed by atoms with Crippen molar-refractivity contribution in [2.24, 2.45) is 23.2 Å². The third-order valence-corrected chi connectivity index (χ3v) is 9.03. The molecule has 176 valence electrons. The predicted octanol–water partition coefficient (Wildman–Crippen LogP) is 5.79. The van der Waals surface area contributed by atoms with E-state index in [1.165, 1.54) is 38.5 Å². The van der Waals surface area contributed by atoms with E-state index in [1.807, 2.05) is 12.1 Å². The molecule has 1 unspecified atom stereocenters. The molecule has 1 aromatic carbocycles. The zero-order valence-corrected chi connectivity index (χ0v) is 19.7. The molecule has 3 aliphatic heterocycles. The van der Waals surface area contributed by atoms with Gasteiger partial charge < -0.3 is 14.5 Å². The van der Waals surface area contributed by atoms with E-state index < -0.39 is 0 Å². The zero-order valence-electron chi connectivity index (χ0n) is 19.7. The summed E-state index contributed by atoms with van der Waals surface area (Å²) >= 11 is 0. The van der Waals surface area contributed by atoms with Crippen molar-refractivity contribution in [2.75, 3.05) is 42.6 Å². The van der Waals surface area contributed by atoms with Gasteiger partial charge in [0.05, 0.1) is 11.1 Å². The number of anilines is 2. The molecule has 4 nitrogen and oxygen atoms in total. The Hall–Kier alpha value is -1.62. The summed E-state index contributed by atoms with van der Waals surface area (Å²) in [6.45, 7) is 6.38. The van der Waals surface area contributed by atoms with Gasteiger partial charge in [-0.3, -0.25) is 4.79 Å². The molecule has 0 bridgehead atoms. The number of hydrogen-bond acceptors (Lipinski definition) is 3. The Kier molecular flexibility index (Phi) is 6.46. The van der Waals surface area contributed by atoms with Gasteiger partial charge in [0.1, 0.15) is 5.82 Å². The van der Waals surface area contributed by atoms with E-state index in [-0.39, 0.29) is 17.1 Å². The summed E-state index contributed by atoms with van der Waals surface area (Å²) in [6, 6.07) is 5.56. The molecule has 1 aromatic rings. The first-order chi connectivity index (χ1) is 15.6. The number of nitrogens with zero attached hydrogens (tertiary/aromatic N) is 2. The maximum Gasteiger partial charge on any atom is 0.233 e. The van der Waals surface area contributed by atoms with Crippen LogP contribution in [0.15, 0.2) is 18.2 Å². The maximum absolute atomic E-state index is 15.3. The second kappa shape index (κ2) is 9.32. The lowest BCUT2D eigenvalue weighted by Gasteiger charge is -2.43. The molecule has 1 saturated carbocycles. The Balaban J connectivity index is 1.29. The molecular formula is C27H39FN2O2. The van der Waals surface area contributed by atoms with E-state index in [2.05, 4.69) is 11.8 Å². The van der Waals surface area contributed by atoms with Crippen molar-refractivity contribution < 1.29 is 13.9 Å². The Morgan fingerprint density at radius 3 is 2.62 bits per heavy atom. The van der Waals surface area contributed by atoms with Crippen molar-refractivity contribution in [2.45, 2.75) is 71.1 Å². The van der Waals surface area contributed by atoms with Crippen molar-refractivity contribution in [1.82, 2.24) is 0 Å². The fourth-order valence-corrected chi connectivity index (χ4v) is 7.03. The van der Waals surface area contributed by atoms with Gasteiger partial charge in [0.25, 0.3) is 0 Å². The highest BCUT2D eigenvalue weighted by Crippen LogP contribution is 2.43. The normalized spacial score (nSPS) is 31.2. The number of hydrogen-bond donors (Lipinski definition) is 0. The molecule has 1 aliphatic carbocycles. The Morgan fingerprint density at radius 1 is 1.00 bits per heavy atom. The van der Waals surface area contributed by atoms with Crippen LogP contribution in [0, 0.1) is 29.0 Å². The number of ether oxygens (including phenoxy) is 1. The molecule has 3 heterocycles. The first-order valence-corrected chi connectivity index (χ1v) is 13.0. The number of piperidine rings is 1. The minimum atomic E-state index is -0.348. The lowest BCUT2D eigenvalue weighted by molar-refractivity contribution is -0.136. The smallest absolute Gasteiger partial charge is 0.233 e. The monoisotopic (exact) mass is 442 g/mol. The summed E-state index contributed by atoms with van der Waals surface area (Å²) in [5.41, 5.74) is 1.08. The molecule has 3 saturated heterocycles. The highest BCUT2D eigenvalue weighted by atomic mass is 19.1. The van der Waals surface area contributed by atoms with Gasteiger partial charge in [-0.2, -0.15) is 0 Å². The van der Waals surface area contributed by atoms with E-state index in [9.17, 15) is 4.79 Å². The highest BCUT2D eigenvalue weighted by molar-refractivity contribution is 5.98. The van der Waals surface area contributed by atoms with Gasteiger partial charge in [-0.15, -0.1) is 0 Å². The lowest BCUT2D eigenvalue weighted by Crippen LogP contribution is -2.51. The van der Waals surface area contributed by atoms with Crippen molar-refractivity contribution in [3.05, 3.63) is 24.0 Å². The average molecular weight is 443 g/mol. The van der Waals surface area contributed by atoms with E-state index in [1.54, 1.807) is 11.0 Å². The number of amides is 1. The van der Waals surface area contributed by atoms with Gasteiger partial charge >= 0.3 is 0 Å². The van der Waals surface area contributed by atoms with E-state index in [4.69, 9.17) is 4.74 Å². The molecule has 5 rings (SSSR count). The third-order valence-electron chi connectivity index (χ3n) is 9.03. The Morgan fingerprint density at radius 2 is 1.81 bits per heavy atom. The van der Waals surface area contributed by atoms with Crippen LogP contribution in [0.2, 0.25) is 0 Å². The van der Waals surface area contributed by atoms with Gasteiger partial charge in [-0.25, -0.2) is 4.39 Å². The Labute approximate surface area is 192 Å². The van der Waals surface area contributed by atoms with Crippen molar-refractivity contribution in [3.8, 4) is 0 Å². The van der Waals surface area contributed by atoms with Gasteiger partial charge in [-0.05, 0) is 74.5 Å². The van der Waals surface area contributed by atoms with E-state index in [0.717, 1.165) is 62.2 Å². The van der Waals surface area contributed by atoms with E-state index >= 15 is 4.39 Å². The topological polar surface area (TPSA) is 32.8 Å². The molecule has 3 atom stereocenters. The SMILES string of the molecule is C[C@H]1CCCCCC1[C@@H]1CCN(c2ccc(N3CCCC4(CCOCC4)C3=O)c(F)c2)C1. The largest absolute Gasteiger partial charge is 0.381 e. The highest BCUT2D eigenvalue weighted by Gasteiger charge is 2.45. The minimum absolute atomic E-state index is 0.0993. The van der Waals surface area contributed by atoms with Crippen LogP contribution in [0.3, 0.4) is 0 Å². The summed E-state index contributed by atoms with van der Waals surface area (Å²) in [6.07, 6.45) is 11.4. The van der Waals surface area contributed by atoms with Crippen molar-refractivity contribution in [1.29, 1.82) is 0 Å². The van der Waals surface area contributed by atoms with Gasteiger partial charge in [0, 0.05) is 38.5 Å². The van der Waals surface area contributed by atoms with Crippen LogP contribution >= 0.6 is 0 Å². The average Bonchev–Trinajstić information content (AvgIpc) is 3.19. The molecule has 32 heavy (non-hydrogen) atoms. The molecule has 5 heteroatoms. The summed E-state index contributed by atoms with van der Waals surface area (Å²) < 4.78 is 20.8. The fourth-order valence-electron chi connectivity index (χ4n) is 7.03. The number of halogens is 1. The zero-order chi connectivity index (χ0) is 22.1. The third kappa shape index (κ3) is 4.18. The molecule has 0 N–H and O–H groups in total. The molecule has 0 aromatic heterocycles. The molecule has 1 amide bonds. The minimum Gasteiger partial charge on any atom is -0.381 e. The van der Waals surface area contributed by atoms with Crippen LogP contribution in [0.1, 0.15) is 71.1 Å². The molecule has 1 spiro atoms. The van der Waals surface area contributed by atoms with Gasteiger partial charge in [0.2, 0.25) is 5.91 Å². The second-order valence-electron chi connectivity index (χ2n) is 10.9. The molecule has 4 fully saturated rings. The molecular weight excluding hydrogens is 403 g/mol. The van der Waals surface area contributed by atoms with Crippen LogP contribution < -0.4 is 9.80 Å². The first-order valence-electron chi connectivity index (χ1n) is 13.0. The predicted molar refractivity (Wildman–Crippen MR) is 127 cm³/mol. The maximum atomic E-state index is 15.3. The van der Waals surface area contributed by atoms with Gasteiger partial charge in [-0.1, -0.05) is 32.6 Å². The van der Waals surface area contributed by atoms with Gasteiger partial charge in [0.15, 0.2) is 0 Å². The lowest BCUT2D eigenvalue weighted by atomic mass is 9.73. The number of benzene rings is 1. The van der Waals surface area contributed by atoms with Crippen LogP contribution in [-0.4, -0.2) is 38.8 Å².